The van der Waals surface area contributed by atoms with Gasteiger partial charge in [-0.1, -0.05) is 18.2 Å². The third-order valence-corrected chi connectivity index (χ3v) is 5.85. The van der Waals surface area contributed by atoms with Crippen molar-refractivity contribution in [2.75, 3.05) is 20.3 Å². The maximum absolute atomic E-state index is 13.7. The Balaban J connectivity index is 1.62. The molecule has 0 saturated carbocycles. The zero-order valence-corrected chi connectivity index (χ0v) is 16.1. The highest BCUT2D eigenvalue weighted by Crippen LogP contribution is 2.36. The van der Waals surface area contributed by atoms with Crippen LogP contribution in [0.2, 0.25) is 0 Å². The topological polar surface area (TPSA) is 58.6 Å². The number of thiophene rings is 1. The second-order valence-electron chi connectivity index (χ2n) is 6.46. The third-order valence-electron chi connectivity index (χ3n) is 4.67. The summed E-state index contributed by atoms with van der Waals surface area (Å²) in [5.41, 5.74) is 0.452. The fourth-order valence-corrected chi connectivity index (χ4v) is 4.32. The number of halogens is 1. The summed E-state index contributed by atoms with van der Waals surface area (Å²) in [6.45, 7) is 1.29. The summed E-state index contributed by atoms with van der Waals surface area (Å²) in [4.78, 5) is 28.2. The van der Waals surface area contributed by atoms with E-state index in [0.29, 0.717) is 23.5 Å². The molecule has 1 aromatic carbocycles. The van der Waals surface area contributed by atoms with E-state index in [2.05, 4.69) is 5.32 Å². The molecule has 27 heavy (non-hydrogen) atoms. The highest BCUT2D eigenvalue weighted by molar-refractivity contribution is 7.14. The van der Waals surface area contributed by atoms with E-state index in [1.54, 1.807) is 31.4 Å². The molecule has 144 valence electrons. The Morgan fingerprint density at radius 3 is 2.89 bits per heavy atom. The largest absolute Gasteiger partial charge is 0.384 e. The fourth-order valence-electron chi connectivity index (χ4n) is 3.25. The van der Waals surface area contributed by atoms with Crippen LogP contribution in [-0.4, -0.2) is 37.0 Å². The van der Waals surface area contributed by atoms with Crippen molar-refractivity contribution >= 4 is 23.2 Å². The van der Waals surface area contributed by atoms with Gasteiger partial charge in [0.2, 0.25) is 5.91 Å². The van der Waals surface area contributed by atoms with Gasteiger partial charge < -0.3 is 15.0 Å². The lowest BCUT2D eigenvalue weighted by Gasteiger charge is -2.23. The highest BCUT2D eigenvalue weighted by atomic mass is 32.1. The standard InChI is InChI=1S/C20H23FN2O3S/c1-26-12-10-19(24)23-11-4-7-16(23)17-8-9-18(27-17)20(25)22-13-14-5-2-3-6-15(14)21/h2-3,5-6,8-9,16H,4,7,10-13H2,1H3,(H,22,25)/t16-/m1/s1. The molecule has 0 unspecified atom stereocenters. The summed E-state index contributed by atoms with van der Waals surface area (Å²) < 4.78 is 18.7. The van der Waals surface area contributed by atoms with Crippen molar-refractivity contribution in [3.8, 4) is 0 Å². The number of hydrogen-bond donors (Lipinski definition) is 1. The van der Waals surface area contributed by atoms with E-state index in [4.69, 9.17) is 4.74 Å². The van der Waals surface area contributed by atoms with Gasteiger partial charge in [-0.25, -0.2) is 4.39 Å². The fraction of sp³-hybridized carbons (Fsp3) is 0.400. The first-order valence-electron chi connectivity index (χ1n) is 9.00. The lowest BCUT2D eigenvalue weighted by Crippen LogP contribution is -2.30. The van der Waals surface area contributed by atoms with Crippen molar-refractivity contribution in [1.29, 1.82) is 0 Å². The van der Waals surface area contributed by atoms with E-state index in [0.717, 1.165) is 24.3 Å². The van der Waals surface area contributed by atoms with Crippen molar-refractivity contribution < 1.29 is 18.7 Å². The van der Waals surface area contributed by atoms with Gasteiger partial charge in [0.25, 0.3) is 5.91 Å². The molecular weight excluding hydrogens is 367 g/mol. The van der Waals surface area contributed by atoms with E-state index < -0.39 is 0 Å². The Kier molecular flexibility index (Phi) is 6.58. The minimum Gasteiger partial charge on any atom is -0.384 e. The number of carbonyl (C=O) groups is 2. The molecule has 0 aliphatic carbocycles. The van der Waals surface area contributed by atoms with E-state index in [-0.39, 0.29) is 30.2 Å². The van der Waals surface area contributed by atoms with Crippen molar-refractivity contribution in [2.45, 2.75) is 31.8 Å². The molecule has 0 bridgehead atoms. The Morgan fingerprint density at radius 1 is 1.30 bits per heavy atom. The summed E-state index contributed by atoms with van der Waals surface area (Å²) in [5.74, 6) is -0.482. The molecule has 2 aromatic rings. The molecule has 2 heterocycles. The normalized spacial score (nSPS) is 16.5. The van der Waals surface area contributed by atoms with Crippen LogP contribution in [0, 0.1) is 5.82 Å². The molecule has 1 aliphatic heterocycles. The number of methoxy groups -OCH3 is 1. The average molecular weight is 390 g/mol. The summed E-state index contributed by atoms with van der Waals surface area (Å²) in [6.07, 6.45) is 2.22. The van der Waals surface area contributed by atoms with Crippen LogP contribution in [0.1, 0.15) is 45.4 Å². The Hall–Kier alpha value is -2.25. The number of ether oxygens (including phenoxy) is 1. The summed E-state index contributed by atoms with van der Waals surface area (Å²) in [6, 6.07) is 10.1. The number of rotatable bonds is 7. The highest BCUT2D eigenvalue weighted by Gasteiger charge is 2.31. The Labute approximate surface area is 162 Å². The van der Waals surface area contributed by atoms with Crippen molar-refractivity contribution in [3.63, 3.8) is 0 Å². The lowest BCUT2D eigenvalue weighted by atomic mass is 10.2. The summed E-state index contributed by atoms with van der Waals surface area (Å²) in [5, 5.41) is 2.76. The smallest absolute Gasteiger partial charge is 0.261 e. The van der Waals surface area contributed by atoms with Crippen LogP contribution >= 0.6 is 11.3 Å². The van der Waals surface area contributed by atoms with Crippen LogP contribution in [0.3, 0.4) is 0 Å². The first-order chi connectivity index (χ1) is 13.1. The van der Waals surface area contributed by atoms with Gasteiger partial charge in [0.1, 0.15) is 5.82 Å². The quantitative estimate of drug-likeness (QED) is 0.787. The summed E-state index contributed by atoms with van der Waals surface area (Å²) >= 11 is 1.39. The number of likely N-dealkylation sites (tertiary alicyclic amines) is 1. The van der Waals surface area contributed by atoms with Gasteiger partial charge in [-0.15, -0.1) is 11.3 Å². The van der Waals surface area contributed by atoms with E-state index in [1.165, 1.54) is 17.4 Å². The zero-order valence-electron chi connectivity index (χ0n) is 15.2. The second-order valence-corrected chi connectivity index (χ2v) is 7.58. The van der Waals surface area contributed by atoms with Crippen LogP contribution < -0.4 is 5.32 Å². The van der Waals surface area contributed by atoms with Crippen LogP contribution in [0.15, 0.2) is 36.4 Å². The number of amides is 2. The van der Waals surface area contributed by atoms with Gasteiger partial charge in [0.05, 0.1) is 23.9 Å². The molecule has 1 N–H and O–H groups in total. The lowest BCUT2D eigenvalue weighted by molar-refractivity contribution is -0.133. The molecule has 5 nitrogen and oxygen atoms in total. The Bertz CT molecular complexity index is 808. The van der Waals surface area contributed by atoms with Gasteiger partial charge in [0.15, 0.2) is 0 Å². The van der Waals surface area contributed by atoms with Crippen molar-refractivity contribution in [2.24, 2.45) is 0 Å². The maximum atomic E-state index is 13.7. The SMILES string of the molecule is COCCC(=O)N1CCC[C@@H]1c1ccc(C(=O)NCc2ccccc2F)s1. The molecule has 3 rings (SSSR count). The third kappa shape index (κ3) is 4.73. The molecular formula is C20H23FN2O3S. The second kappa shape index (κ2) is 9.10. The van der Waals surface area contributed by atoms with Gasteiger partial charge in [-0.3, -0.25) is 9.59 Å². The molecule has 1 atom stereocenters. The van der Waals surface area contributed by atoms with Crippen LogP contribution in [0.5, 0.6) is 0 Å². The van der Waals surface area contributed by atoms with Crippen molar-refractivity contribution in [1.82, 2.24) is 10.2 Å². The molecule has 1 fully saturated rings. The average Bonchev–Trinajstić information content (AvgIpc) is 3.34. The molecule has 1 saturated heterocycles. The first kappa shape index (κ1) is 19.5. The van der Waals surface area contributed by atoms with Gasteiger partial charge in [0, 0.05) is 30.6 Å². The van der Waals surface area contributed by atoms with Crippen LogP contribution in [-0.2, 0) is 16.1 Å². The predicted molar refractivity (Wildman–Crippen MR) is 102 cm³/mol. The van der Waals surface area contributed by atoms with E-state index >= 15 is 0 Å². The number of carbonyl (C=O) groups excluding carboxylic acids is 2. The first-order valence-corrected chi connectivity index (χ1v) is 9.81. The van der Waals surface area contributed by atoms with E-state index in [9.17, 15) is 14.0 Å². The summed E-state index contributed by atoms with van der Waals surface area (Å²) in [7, 11) is 1.58. The predicted octanol–water partition coefficient (Wildman–Crippen LogP) is 3.52. The molecule has 1 aliphatic rings. The molecule has 2 amide bonds. The molecule has 0 radical (unpaired) electrons. The van der Waals surface area contributed by atoms with E-state index in [1.807, 2.05) is 11.0 Å². The molecule has 7 heteroatoms. The molecule has 1 aromatic heterocycles. The number of hydrogen-bond acceptors (Lipinski definition) is 4. The number of nitrogens with zero attached hydrogens (tertiary/aromatic N) is 1. The van der Waals surface area contributed by atoms with Gasteiger partial charge in [-0.2, -0.15) is 0 Å². The van der Waals surface area contributed by atoms with Crippen LogP contribution in [0.25, 0.3) is 0 Å². The number of nitrogens with one attached hydrogen (secondary N) is 1. The van der Waals surface area contributed by atoms with Gasteiger partial charge in [-0.05, 0) is 31.0 Å². The van der Waals surface area contributed by atoms with Crippen LogP contribution in [0.4, 0.5) is 4.39 Å². The number of benzene rings is 1. The minimum atomic E-state index is -0.333. The monoisotopic (exact) mass is 390 g/mol. The van der Waals surface area contributed by atoms with Crippen molar-refractivity contribution in [3.05, 3.63) is 57.5 Å². The zero-order chi connectivity index (χ0) is 19.2. The Morgan fingerprint density at radius 2 is 2.11 bits per heavy atom. The van der Waals surface area contributed by atoms with Gasteiger partial charge >= 0.3 is 0 Å². The molecule has 0 spiro atoms. The minimum absolute atomic E-state index is 0.0208. The maximum Gasteiger partial charge on any atom is 0.261 e.